The first-order valence-electron chi connectivity index (χ1n) is 9.13. The average Bonchev–Trinajstić information content (AvgIpc) is 3.39. The summed E-state index contributed by atoms with van der Waals surface area (Å²) in [6, 6.07) is 8.60. The van der Waals surface area contributed by atoms with E-state index in [1.54, 1.807) is 17.5 Å². The summed E-state index contributed by atoms with van der Waals surface area (Å²) in [6.07, 6.45) is 1.18. The Balaban J connectivity index is 1.58. The number of nitrogens with one attached hydrogen (secondary N) is 1. The number of sulfonamides is 1. The minimum Gasteiger partial charge on any atom is -0.301 e. The maximum Gasteiger partial charge on any atom is 0.253 e. The van der Waals surface area contributed by atoms with Crippen LogP contribution in [0.5, 0.6) is 0 Å². The highest BCUT2D eigenvalue weighted by Gasteiger charge is 2.40. The fourth-order valence-corrected chi connectivity index (χ4v) is 7.17. The van der Waals surface area contributed by atoms with E-state index in [9.17, 15) is 13.2 Å². The van der Waals surface area contributed by atoms with Gasteiger partial charge >= 0.3 is 0 Å². The first-order chi connectivity index (χ1) is 13.4. The molecule has 2 aromatic heterocycles. The van der Waals surface area contributed by atoms with Crippen LogP contribution >= 0.6 is 22.7 Å². The first-order valence-corrected chi connectivity index (χ1v) is 12.3. The Morgan fingerprint density at radius 3 is 2.82 bits per heavy atom. The molecule has 1 aromatic carbocycles. The molecule has 4 rings (SSSR count). The number of rotatable bonds is 5. The van der Waals surface area contributed by atoms with E-state index in [-0.39, 0.29) is 10.1 Å². The molecule has 3 heterocycles. The van der Waals surface area contributed by atoms with Gasteiger partial charge in [-0.05, 0) is 41.8 Å². The van der Waals surface area contributed by atoms with E-state index < -0.39 is 16.1 Å². The van der Waals surface area contributed by atoms with Gasteiger partial charge in [0.05, 0.1) is 10.2 Å². The van der Waals surface area contributed by atoms with E-state index >= 15 is 0 Å². The van der Waals surface area contributed by atoms with E-state index in [2.05, 4.69) is 24.1 Å². The molecular formula is C19H21N3O3S3. The molecule has 0 aliphatic carbocycles. The molecule has 1 fully saturated rings. The summed E-state index contributed by atoms with van der Waals surface area (Å²) >= 11 is 2.58. The Kier molecular flexibility index (Phi) is 5.26. The number of para-hydroxylation sites is 1. The zero-order valence-corrected chi connectivity index (χ0v) is 18.0. The minimum absolute atomic E-state index is 0.272. The molecule has 0 radical (unpaired) electrons. The van der Waals surface area contributed by atoms with Crippen LogP contribution in [0.4, 0.5) is 5.13 Å². The van der Waals surface area contributed by atoms with Crippen LogP contribution in [0.2, 0.25) is 0 Å². The van der Waals surface area contributed by atoms with E-state index in [0.29, 0.717) is 30.4 Å². The summed E-state index contributed by atoms with van der Waals surface area (Å²) in [5, 5.41) is 5.09. The van der Waals surface area contributed by atoms with Crippen molar-refractivity contribution in [3.8, 4) is 0 Å². The standard InChI is InChI=1S/C19H21N3O3S3/c1-12(2)13-6-3-8-15-17(13)20-19(27-15)21-18(23)14-7-4-10-22(14)28(24,25)16-9-5-11-26-16/h3,5-6,8-9,11-12,14H,4,7,10H2,1-2H3,(H,20,21,23). The first kappa shape index (κ1) is 19.5. The Hall–Kier alpha value is -1.81. The van der Waals surface area contributed by atoms with Gasteiger partial charge in [0.25, 0.3) is 10.0 Å². The fraction of sp³-hybridized carbons (Fsp3) is 0.368. The van der Waals surface area contributed by atoms with Crippen LogP contribution in [0.15, 0.2) is 39.9 Å². The van der Waals surface area contributed by atoms with Crippen molar-refractivity contribution in [2.75, 3.05) is 11.9 Å². The quantitative estimate of drug-likeness (QED) is 0.649. The molecule has 0 bridgehead atoms. The van der Waals surface area contributed by atoms with Crippen LogP contribution in [0, 0.1) is 0 Å². The van der Waals surface area contributed by atoms with Gasteiger partial charge in [-0.25, -0.2) is 13.4 Å². The lowest BCUT2D eigenvalue weighted by molar-refractivity contribution is -0.119. The third-order valence-electron chi connectivity index (χ3n) is 4.87. The number of hydrogen-bond acceptors (Lipinski definition) is 6. The number of thiophene rings is 1. The van der Waals surface area contributed by atoms with Crippen molar-refractivity contribution in [1.82, 2.24) is 9.29 Å². The monoisotopic (exact) mass is 435 g/mol. The third kappa shape index (κ3) is 3.47. The van der Waals surface area contributed by atoms with Crippen molar-refractivity contribution in [1.29, 1.82) is 0 Å². The van der Waals surface area contributed by atoms with Crippen molar-refractivity contribution in [2.45, 2.75) is 42.9 Å². The summed E-state index contributed by atoms with van der Waals surface area (Å²) in [6.45, 7) is 4.58. The highest BCUT2D eigenvalue weighted by atomic mass is 32.2. The van der Waals surface area contributed by atoms with Gasteiger partial charge in [-0.1, -0.05) is 43.4 Å². The smallest absolute Gasteiger partial charge is 0.253 e. The van der Waals surface area contributed by atoms with Gasteiger partial charge in [0.1, 0.15) is 10.3 Å². The molecule has 1 atom stereocenters. The molecule has 0 saturated carbocycles. The largest absolute Gasteiger partial charge is 0.301 e. The number of carbonyl (C=O) groups excluding carboxylic acids is 1. The van der Waals surface area contributed by atoms with Gasteiger partial charge in [0, 0.05) is 6.54 Å². The number of fused-ring (bicyclic) bond motifs is 1. The number of amides is 1. The van der Waals surface area contributed by atoms with E-state index in [0.717, 1.165) is 15.8 Å². The third-order valence-corrected chi connectivity index (χ3v) is 9.08. The van der Waals surface area contributed by atoms with Crippen molar-refractivity contribution in [3.63, 3.8) is 0 Å². The van der Waals surface area contributed by atoms with Crippen molar-refractivity contribution in [2.24, 2.45) is 0 Å². The highest BCUT2D eigenvalue weighted by molar-refractivity contribution is 7.91. The fourth-order valence-electron chi connectivity index (χ4n) is 3.49. The second kappa shape index (κ2) is 7.55. The Morgan fingerprint density at radius 1 is 1.29 bits per heavy atom. The van der Waals surface area contributed by atoms with Gasteiger partial charge in [-0.15, -0.1) is 11.3 Å². The lowest BCUT2D eigenvalue weighted by Crippen LogP contribution is -2.42. The molecule has 1 aliphatic heterocycles. The molecule has 1 saturated heterocycles. The predicted molar refractivity (Wildman–Crippen MR) is 114 cm³/mol. The van der Waals surface area contributed by atoms with Gasteiger partial charge in [0.15, 0.2) is 5.13 Å². The molecule has 0 spiro atoms. The lowest BCUT2D eigenvalue weighted by Gasteiger charge is -2.22. The van der Waals surface area contributed by atoms with Gasteiger partial charge in [0.2, 0.25) is 5.91 Å². The van der Waals surface area contributed by atoms with Crippen LogP contribution in [0.25, 0.3) is 10.2 Å². The molecule has 1 aliphatic rings. The highest BCUT2D eigenvalue weighted by Crippen LogP contribution is 2.33. The summed E-state index contributed by atoms with van der Waals surface area (Å²) in [7, 11) is -3.65. The molecule has 1 N–H and O–H groups in total. The number of nitrogens with zero attached hydrogens (tertiary/aromatic N) is 2. The SMILES string of the molecule is CC(C)c1cccc2sc(NC(=O)C3CCCN3S(=O)(=O)c3cccs3)nc12. The summed E-state index contributed by atoms with van der Waals surface area (Å²) < 4.78 is 28.3. The van der Waals surface area contributed by atoms with Crippen LogP contribution in [-0.4, -0.2) is 36.2 Å². The maximum atomic E-state index is 12.9. The van der Waals surface area contributed by atoms with Crippen molar-refractivity contribution >= 4 is 54.0 Å². The molecule has 9 heteroatoms. The number of hydrogen-bond donors (Lipinski definition) is 1. The van der Waals surface area contributed by atoms with Crippen molar-refractivity contribution < 1.29 is 13.2 Å². The summed E-state index contributed by atoms with van der Waals surface area (Å²) in [4.78, 5) is 17.5. The molecule has 1 unspecified atom stereocenters. The number of carbonyl (C=O) groups is 1. The minimum atomic E-state index is -3.65. The average molecular weight is 436 g/mol. The Labute approximate surface area is 172 Å². The van der Waals surface area contributed by atoms with Gasteiger partial charge in [-0.2, -0.15) is 4.31 Å². The molecule has 148 valence electrons. The van der Waals surface area contributed by atoms with E-state index in [1.807, 2.05) is 18.2 Å². The summed E-state index contributed by atoms with van der Waals surface area (Å²) in [5.74, 6) is 0.0124. The summed E-state index contributed by atoms with van der Waals surface area (Å²) in [5.41, 5.74) is 2.03. The van der Waals surface area contributed by atoms with E-state index in [4.69, 9.17) is 0 Å². The van der Waals surface area contributed by atoms with Crippen molar-refractivity contribution in [3.05, 3.63) is 41.3 Å². The second-order valence-corrected chi connectivity index (χ2v) is 11.2. The number of benzene rings is 1. The van der Waals surface area contributed by atoms with Crippen LogP contribution < -0.4 is 5.32 Å². The lowest BCUT2D eigenvalue weighted by atomic mass is 10.0. The van der Waals surface area contributed by atoms with Crippen LogP contribution in [-0.2, 0) is 14.8 Å². The normalized spacial score (nSPS) is 18.2. The number of anilines is 1. The maximum absolute atomic E-state index is 12.9. The molecule has 6 nitrogen and oxygen atoms in total. The second-order valence-electron chi connectivity index (χ2n) is 7.06. The molecule has 1 amide bonds. The topological polar surface area (TPSA) is 79.4 Å². The van der Waals surface area contributed by atoms with Gasteiger partial charge < -0.3 is 5.32 Å². The Morgan fingerprint density at radius 2 is 2.11 bits per heavy atom. The zero-order chi connectivity index (χ0) is 19.9. The predicted octanol–water partition coefficient (Wildman–Crippen LogP) is 4.27. The van der Waals surface area contributed by atoms with E-state index in [1.165, 1.54) is 27.0 Å². The van der Waals surface area contributed by atoms with Gasteiger partial charge in [-0.3, -0.25) is 4.79 Å². The Bertz CT molecular complexity index is 1100. The number of aromatic nitrogens is 1. The molecule has 28 heavy (non-hydrogen) atoms. The zero-order valence-electron chi connectivity index (χ0n) is 15.6. The molecule has 3 aromatic rings. The van der Waals surface area contributed by atoms with Crippen LogP contribution in [0.1, 0.15) is 38.2 Å². The number of thiazole rings is 1. The molecular weight excluding hydrogens is 414 g/mol. The van der Waals surface area contributed by atoms with Crippen LogP contribution in [0.3, 0.4) is 0 Å².